The van der Waals surface area contributed by atoms with Crippen molar-refractivity contribution in [3.05, 3.63) is 59.8 Å². The first-order valence-electron chi connectivity index (χ1n) is 7.46. The Hall–Kier alpha value is -2.95. The third-order valence-corrected chi connectivity index (χ3v) is 3.85. The summed E-state index contributed by atoms with van der Waals surface area (Å²) in [4.78, 5) is 15.4. The van der Waals surface area contributed by atoms with Crippen molar-refractivity contribution in [2.75, 3.05) is 19.4 Å². The zero-order valence-electron chi connectivity index (χ0n) is 12.9. The first kappa shape index (κ1) is 15.0. The maximum Gasteiger partial charge on any atom is 0.251 e. The normalized spacial score (nSPS) is 10.7. The number of hydrogen-bond acceptors (Lipinski definition) is 3. The highest BCUT2D eigenvalue weighted by molar-refractivity contribution is 5.95. The number of benzene rings is 2. The van der Waals surface area contributed by atoms with Crippen molar-refractivity contribution in [1.29, 1.82) is 0 Å². The lowest BCUT2D eigenvalue weighted by Crippen LogP contribution is -2.25. The average molecular weight is 309 g/mol. The Morgan fingerprint density at radius 1 is 1.26 bits per heavy atom. The van der Waals surface area contributed by atoms with Crippen LogP contribution in [0.25, 0.3) is 10.9 Å². The molecule has 1 aromatic heterocycles. The number of para-hydroxylation sites is 1. The summed E-state index contributed by atoms with van der Waals surface area (Å²) in [5, 5.41) is 4.11. The van der Waals surface area contributed by atoms with E-state index in [1.165, 1.54) is 18.1 Å². The van der Waals surface area contributed by atoms with Crippen LogP contribution in [-0.2, 0) is 6.42 Å². The molecule has 0 spiro atoms. The number of hydrogen-bond donors (Lipinski definition) is 3. The summed E-state index contributed by atoms with van der Waals surface area (Å²) in [7, 11) is 1.53. The fourth-order valence-electron chi connectivity index (χ4n) is 2.60. The second-order valence-electron chi connectivity index (χ2n) is 5.32. The van der Waals surface area contributed by atoms with Crippen molar-refractivity contribution in [1.82, 2.24) is 10.3 Å². The number of carbonyl (C=O) groups is 1. The fraction of sp³-hybridized carbons (Fsp3) is 0.167. The highest BCUT2D eigenvalue weighted by Gasteiger charge is 2.09. The molecule has 0 atom stereocenters. The van der Waals surface area contributed by atoms with Crippen LogP contribution in [-0.4, -0.2) is 24.5 Å². The molecule has 3 aromatic rings. The first-order chi connectivity index (χ1) is 11.2. The Morgan fingerprint density at radius 2 is 2.09 bits per heavy atom. The number of methoxy groups -OCH3 is 1. The summed E-state index contributed by atoms with van der Waals surface area (Å²) in [5.74, 6) is 0.373. The van der Waals surface area contributed by atoms with Crippen LogP contribution in [0.1, 0.15) is 15.9 Å². The van der Waals surface area contributed by atoms with E-state index >= 15 is 0 Å². The molecule has 5 nitrogen and oxygen atoms in total. The van der Waals surface area contributed by atoms with E-state index < -0.39 is 0 Å². The Labute approximate surface area is 134 Å². The number of fused-ring (bicyclic) bond motifs is 1. The molecule has 0 fully saturated rings. The van der Waals surface area contributed by atoms with Gasteiger partial charge in [0.05, 0.1) is 12.8 Å². The average Bonchev–Trinajstić information content (AvgIpc) is 2.98. The van der Waals surface area contributed by atoms with Gasteiger partial charge in [0.25, 0.3) is 5.91 Å². The van der Waals surface area contributed by atoms with Gasteiger partial charge in [0, 0.05) is 29.2 Å². The number of nitrogens with two attached hydrogens (primary N) is 1. The highest BCUT2D eigenvalue weighted by Crippen LogP contribution is 2.22. The van der Waals surface area contributed by atoms with E-state index in [0.29, 0.717) is 23.5 Å². The van der Waals surface area contributed by atoms with E-state index in [1.807, 2.05) is 24.4 Å². The minimum atomic E-state index is -0.136. The number of H-pyrrole nitrogens is 1. The molecule has 0 unspecified atom stereocenters. The number of amides is 1. The largest absolute Gasteiger partial charge is 0.495 e. The fourth-order valence-corrected chi connectivity index (χ4v) is 2.60. The van der Waals surface area contributed by atoms with Gasteiger partial charge < -0.3 is 20.8 Å². The molecule has 0 saturated carbocycles. The number of aromatic amines is 1. The standard InChI is InChI=1S/C18H19N3O2/c1-23-17-10-12(6-7-15(17)19)18(22)20-9-8-13-11-21-16-5-3-2-4-14(13)16/h2-7,10-11,21H,8-9,19H2,1H3,(H,20,22). The van der Waals surface area contributed by atoms with E-state index in [2.05, 4.69) is 16.4 Å². The molecule has 1 heterocycles. The molecule has 0 aliphatic carbocycles. The third-order valence-electron chi connectivity index (χ3n) is 3.85. The Balaban J connectivity index is 1.63. The van der Waals surface area contributed by atoms with Gasteiger partial charge in [-0.15, -0.1) is 0 Å². The molecule has 5 heteroatoms. The molecule has 0 saturated heterocycles. The zero-order valence-corrected chi connectivity index (χ0v) is 12.9. The number of aromatic nitrogens is 1. The molecule has 0 aliphatic heterocycles. The van der Waals surface area contributed by atoms with Crippen LogP contribution in [0.4, 0.5) is 5.69 Å². The topological polar surface area (TPSA) is 80.1 Å². The van der Waals surface area contributed by atoms with Gasteiger partial charge in [0.1, 0.15) is 5.75 Å². The van der Waals surface area contributed by atoms with Crippen molar-refractivity contribution < 1.29 is 9.53 Å². The molecule has 4 N–H and O–H groups in total. The minimum Gasteiger partial charge on any atom is -0.495 e. The van der Waals surface area contributed by atoms with Gasteiger partial charge in [-0.2, -0.15) is 0 Å². The Morgan fingerprint density at radius 3 is 2.91 bits per heavy atom. The van der Waals surface area contributed by atoms with E-state index in [0.717, 1.165) is 11.9 Å². The number of nitrogen functional groups attached to an aromatic ring is 1. The second kappa shape index (κ2) is 6.44. The molecule has 3 rings (SSSR count). The molecule has 0 aliphatic rings. The van der Waals surface area contributed by atoms with Crippen LogP contribution in [0.3, 0.4) is 0 Å². The Bertz CT molecular complexity index is 839. The maximum absolute atomic E-state index is 12.2. The molecular weight excluding hydrogens is 290 g/mol. The van der Waals surface area contributed by atoms with Gasteiger partial charge in [0.15, 0.2) is 0 Å². The lowest BCUT2D eigenvalue weighted by atomic mass is 10.1. The van der Waals surface area contributed by atoms with E-state index in [-0.39, 0.29) is 5.91 Å². The molecule has 118 valence electrons. The zero-order chi connectivity index (χ0) is 16.2. The highest BCUT2D eigenvalue weighted by atomic mass is 16.5. The molecular formula is C18H19N3O2. The van der Waals surface area contributed by atoms with Crippen LogP contribution < -0.4 is 15.8 Å². The van der Waals surface area contributed by atoms with Gasteiger partial charge in [-0.25, -0.2) is 0 Å². The molecule has 1 amide bonds. The van der Waals surface area contributed by atoms with E-state index in [4.69, 9.17) is 10.5 Å². The van der Waals surface area contributed by atoms with Gasteiger partial charge >= 0.3 is 0 Å². The molecule has 2 aromatic carbocycles. The molecule has 23 heavy (non-hydrogen) atoms. The van der Waals surface area contributed by atoms with E-state index in [1.54, 1.807) is 18.2 Å². The lowest BCUT2D eigenvalue weighted by molar-refractivity contribution is 0.0954. The quantitative estimate of drug-likeness (QED) is 0.634. The smallest absolute Gasteiger partial charge is 0.251 e. The predicted molar refractivity (Wildman–Crippen MR) is 91.7 cm³/mol. The summed E-state index contributed by atoms with van der Waals surface area (Å²) < 4.78 is 5.14. The van der Waals surface area contributed by atoms with Gasteiger partial charge in [-0.05, 0) is 36.2 Å². The van der Waals surface area contributed by atoms with Crippen LogP contribution in [0, 0.1) is 0 Å². The van der Waals surface area contributed by atoms with Gasteiger partial charge in [0.2, 0.25) is 0 Å². The minimum absolute atomic E-state index is 0.136. The van der Waals surface area contributed by atoms with Gasteiger partial charge in [-0.3, -0.25) is 4.79 Å². The monoisotopic (exact) mass is 309 g/mol. The summed E-state index contributed by atoms with van der Waals surface area (Å²) >= 11 is 0. The first-order valence-corrected chi connectivity index (χ1v) is 7.46. The van der Waals surface area contributed by atoms with Crippen LogP contribution >= 0.6 is 0 Å². The van der Waals surface area contributed by atoms with Crippen LogP contribution in [0.2, 0.25) is 0 Å². The Kier molecular flexibility index (Phi) is 4.19. The molecule has 0 bridgehead atoms. The number of nitrogens with one attached hydrogen (secondary N) is 2. The van der Waals surface area contributed by atoms with Crippen LogP contribution in [0.5, 0.6) is 5.75 Å². The summed E-state index contributed by atoms with van der Waals surface area (Å²) in [5.41, 5.74) is 9.11. The number of carbonyl (C=O) groups excluding carboxylic acids is 1. The van der Waals surface area contributed by atoms with Crippen molar-refractivity contribution in [3.63, 3.8) is 0 Å². The summed E-state index contributed by atoms with van der Waals surface area (Å²) in [6.07, 6.45) is 2.75. The molecule has 0 radical (unpaired) electrons. The van der Waals surface area contributed by atoms with Crippen LogP contribution in [0.15, 0.2) is 48.7 Å². The van der Waals surface area contributed by atoms with Gasteiger partial charge in [-0.1, -0.05) is 18.2 Å². The van der Waals surface area contributed by atoms with Crippen molar-refractivity contribution in [2.24, 2.45) is 0 Å². The SMILES string of the molecule is COc1cc(C(=O)NCCc2c[nH]c3ccccc23)ccc1N. The number of anilines is 1. The number of ether oxygens (including phenoxy) is 1. The van der Waals surface area contributed by atoms with E-state index in [9.17, 15) is 4.79 Å². The second-order valence-corrected chi connectivity index (χ2v) is 5.32. The van der Waals surface area contributed by atoms with Crippen molar-refractivity contribution in [3.8, 4) is 5.75 Å². The summed E-state index contributed by atoms with van der Waals surface area (Å²) in [6, 6.07) is 13.1. The summed E-state index contributed by atoms with van der Waals surface area (Å²) in [6.45, 7) is 0.563. The lowest BCUT2D eigenvalue weighted by Gasteiger charge is -2.08. The maximum atomic E-state index is 12.2. The van der Waals surface area contributed by atoms with Crippen molar-refractivity contribution in [2.45, 2.75) is 6.42 Å². The number of rotatable bonds is 5. The third kappa shape index (κ3) is 3.13. The van der Waals surface area contributed by atoms with Crippen molar-refractivity contribution >= 4 is 22.5 Å². The predicted octanol–water partition coefficient (Wildman–Crippen LogP) is 2.73.